The third kappa shape index (κ3) is 3.56. The van der Waals surface area contributed by atoms with Crippen LogP contribution in [0.2, 0.25) is 0 Å². The number of hydrogen-bond donors (Lipinski definition) is 0. The fourth-order valence-electron chi connectivity index (χ4n) is 2.37. The molecule has 2 rings (SSSR count). The monoisotopic (exact) mass is 274 g/mol. The van der Waals surface area contributed by atoms with Crippen LogP contribution in [0.25, 0.3) is 0 Å². The Hall–Kier alpha value is -1.90. The van der Waals surface area contributed by atoms with Crippen molar-refractivity contribution in [2.45, 2.75) is 18.6 Å². The maximum absolute atomic E-state index is 11.3. The van der Waals surface area contributed by atoms with Crippen molar-refractivity contribution in [1.29, 1.82) is 5.26 Å². The molecule has 1 aromatic carbocycles. The van der Waals surface area contributed by atoms with E-state index in [0.29, 0.717) is 19.7 Å². The van der Waals surface area contributed by atoms with Gasteiger partial charge in [-0.25, -0.2) is 0 Å². The lowest BCUT2D eigenvalue weighted by molar-refractivity contribution is -0.146. The fraction of sp³-hybridized carbons (Fsp3) is 0.467. The van der Waals surface area contributed by atoms with Gasteiger partial charge in [0.2, 0.25) is 0 Å². The van der Waals surface area contributed by atoms with Crippen LogP contribution >= 0.6 is 0 Å². The first kappa shape index (κ1) is 14.5. The van der Waals surface area contributed by atoms with Crippen molar-refractivity contribution < 1.29 is 14.3 Å². The molecule has 1 saturated heterocycles. The minimum atomic E-state index is -0.305. The Balaban J connectivity index is 2.04. The SMILES string of the molecule is COC(=O)C[C@@H]1CN([C@H](C#N)c2ccccc2)CCO1. The van der Waals surface area contributed by atoms with Gasteiger partial charge in [0.1, 0.15) is 6.04 Å². The molecule has 1 heterocycles. The molecule has 0 bridgehead atoms. The second-order valence-electron chi connectivity index (χ2n) is 4.71. The van der Waals surface area contributed by atoms with Gasteiger partial charge in [0.05, 0.1) is 32.3 Å². The van der Waals surface area contributed by atoms with E-state index in [1.165, 1.54) is 7.11 Å². The molecular weight excluding hydrogens is 256 g/mol. The van der Waals surface area contributed by atoms with E-state index in [9.17, 15) is 10.1 Å². The average Bonchev–Trinajstić information content (AvgIpc) is 2.49. The minimum Gasteiger partial charge on any atom is -0.469 e. The van der Waals surface area contributed by atoms with Gasteiger partial charge in [-0.1, -0.05) is 30.3 Å². The average molecular weight is 274 g/mol. The van der Waals surface area contributed by atoms with Crippen molar-refractivity contribution in [1.82, 2.24) is 4.90 Å². The van der Waals surface area contributed by atoms with Crippen molar-refractivity contribution >= 4 is 5.97 Å². The molecule has 1 aliphatic heterocycles. The number of esters is 1. The van der Waals surface area contributed by atoms with E-state index in [1.54, 1.807) is 0 Å². The minimum absolute atomic E-state index is 0.212. The van der Waals surface area contributed by atoms with Crippen LogP contribution in [0.3, 0.4) is 0 Å². The Morgan fingerprint density at radius 1 is 1.55 bits per heavy atom. The van der Waals surface area contributed by atoms with Crippen molar-refractivity contribution in [3.05, 3.63) is 35.9 Å². The lowest BCUT2D eigenvalue weighted by Gasteiger charge is -2.35. The van der Waals surface area contributed by atoms with Crippen LogP contribution in [0.1, 0.15) is 18.0 Å². The van der Waals surface area contributed by atoms with Crippen LogP contribution in [0, 0.1) is 11.3 Å². The summed E-state index contributed by atoms with van der Waals surface area (Å²) in [4.78, 5) is 13.4. The highest BCUT2D eigenvalue weighted by Crippen LogP contribution is 2.23. The Bertz CT molecular complexity index is 484. The highest BCUT2D eigenvalue weighted by atomic mass is 16.5. The number of nitrogens with zero attached hydrogens (tertiary/aromatic N) is 2. The summed E-state index contributed by atoms with van der Waals surface area (Å²) < 4.78 is 10.2. The molecule has 0 unspecified atom stereocenters. The zero-order valence-electron chi connectivity index (χ0n) is 11.5. The standard InChI is InChI=1S/C15H18N2O3/c1-19-15(18)9-13-11-17(7-8-20-13)14(10-16)12-5-3-2-4-6-12/h2-6,13-14H,7-9,11H2,1H3/t13-,14-/m1/s1. The van der Waals surface area contributed by atoms with Crippen molar-refractivity contribution in [2.75, 3.05) is 26.8 Å². The van der Waals surface area contributed by atoms with E-state index in [0.717, 1.165) is 5.56 Å². The van der Waals surface area contributed by atoms with Gasteiger partial charge in [0, 0.05) is 13.1 Å². The smallest absolute Gasteiger partial charge is 0.308 e. The Kier molecular flexibility index (Phi) is 5.10. The van der Waals surface area contributed by atoms with E-state index in [4.69, 9.17) is 4.74 Å². The molecule has 0 N–H and O–H groups in total. The van der Waals surface area contributed by atoms with Gasteiger partial charge < -0.3 is 9.47 Å². The predicted molar refractivity (Wildman–Crippen MR) is 72.7 cm³/mol. The summed E-state index contributed by atoms with van der Waals surface area (Å²) in [5.74, 6) is -0.287. The molecule has 0 amide bonds. The van der Waals surface area contributed by atoms with Gasteiger partial charge in [-0.2, -0.15) is 5.26 Å². The molecule has 5 nitrogen and oxygen atoms in total. The summed E-state index contributed by atoms with van der Waals surface area (Å²) >= 11 is 0. The third-order valence-electron chi connectivity index (χ3n) is 3.39. The summed E-state index contributed by atoms with van der Waals surface area (Å²) in [6.45, 7) is 1.76. The Labute approximate surface area is 118 Å². The van der Waals surface area contributed by atoms with Crippen molar-refractivity contribution in [3.63, 3.8) is 0 Å². The molecule has 0 radical (unpaired) electrons. The second kappa shape index (κ2) is 7.04. The number of morpholine rings is 1. The highest BCUT2D eigenvalue weighted by Gasteiger charge is 2.28. The van der Waals surface area contributed by atoms with Gasteiger partial charge >= 0.3 is 5.97 Å². The van der Waals surface area contributed by atoms with Crippen LogP contribution in [0.15, 0.2) is 30.3 Å². The van der Waals surface area contributed by atoms with Crippen molar-refractivity contribution in [3.8, 4) is 6.07 Å². The zero-order chi connectivity index (χ0) is 14.4. The largest absolute Gasteiger partial charge is 0.469 e. The maximum Gasteiger partial charge on any atom is 0.308 e. The first-order valence-corrected chi connectivity index (χ1v) is 6.61. The van der Waals surface area contributed by atoms with E-state index >= 15 is 0 Å². The Morgan fingerprint density at radius 3 is 2.95 bits per heavy atom. The number of nitriles is 1. The number of methoxy groups -OCH3 is 1. The molecule has 106 valence electrons. The second-order valence-corrected chi connectivity index (χ2v) is 4.71. The van der Waals surface area contributed by atoms with Crippen molar-refractivity contribution in [2.24, 2.45) is 0 Å². The van der Waals surface area contributed by atoms with Crippen LogP contribution in [0.5, 0.6) is 0 Å². The van der Waals surface area contributed by atoms with E-state index < -0.39 is 0 Å². The number of benzene rings is 1. The molecule has 1 fully saturated rings. The van der Waals surface area contributed by atoms with Gasteiger partial charge in [-0.15, -0.1) is 0 Å². The number of carbonyl (C=O) groups excluding carboxylic acids is 1. The molecule has 0 saturated carbocycles. The summed E-state index contributed by atoms with van der Waals surface area (Å²) in [5, 5.41) is 9.42. The molecule has 0 aliphatic carbocycles. The van der Waals surface area contributed by atoms with Crippen LogP contribution in [-0.2, 0) is 14.3 Å². The molecule has 1 aromatic rings. The number of carbonyl (C=O) groups is 1. The van der Waals surface area contributed by atoms with Crippen LogP contribution in [0.4, 0.5) is 0 Å². The molecular formula is C15H18N2O3. The van der Waals surface area contributed by atoms with Crippen LogP contribution < -0.4 is 0 Å². The normalized spacial score (nSPS) is 20.9. The van der Waals surface area contributed by atoms with Crippen LogP contribution in [-0.4, -0.2) is 43.8 Å². The fourth-order valence-corrected chi connectivity index (χ4v) is 2.37. The molecule has 2 atom stereocenters. The summed E-state index contributed by atoms with van der Waals surface area (Å²) in [5.41, 5.74) is 0.966. The van der Waals surface area contributed by atoms with Gasteiger partial charge in [0.15, 0.2) is 0 Å². The summed E-state index contributed by atoms with van der Waals surface area (Å²) in [6, 6.07) is 11.7. The zero-order valence-corrected chi connectivity index (χ0v) is 11.5. The van der Waals surface area contributed by atoms with E-state index in [1.807, 2.05) is 35.2 Å². The third-order valence-corrected chi connectivity index (χ3v) is 3.39. The quantitative estimate of drug-likeness (QED) is 0.779. The van der Waals surface area contributed by atoms with E-state index in [2.05, 4.69) is 10.8 Å². The topological polar surface area (TPSA) is 62.6 Å². The molecule has 0 spiro atoms. The van der Waals surface area contributed by atoms with Gasteiger partial charge in [0.25, 0.3) is 0 Å². The predicted octanol–water partition coefficient (Wildman–Crippen LogP) is 1.52. The number of ether oxygens (including phenoxy) is 2. The molecule has 5 heteroatoms. The molecule has 0 aromatic heterocycles. The van der Waals surface area contributed by atoms with Gasteiger partial charge in [-0.05, 0) is 5.56 Å². The summed E-state index contributed by atoms with van der Waals surface area (Å²) in [6.07, 6.45) is 0.00990. The highest BCUT2D eigenvalue weighted by molar-refractivity contribution is 5.69. The lowest BCUT2D eigenvalue weighted by Crippen LogP contribution is -2.44. The van der Waals surface area contributed by atoms with E-state index in [-0.39, 0.29) is 24.5 Å². The molecule has 1 aliphatic rings. The first-order valence-electron chi connectivity index (χ1n) is 6.61. The number of hydrogen-bond acceptors (Lipinski definition) is 5. The number of rotatable bonds is 4. The van der Waals surface area contributed by atoms with Gasteiger partial charge in [-0.3, -0.25) is 9.69 Å². The maximum atomic E-state index is 11.3. The first-order chi connectivity index (χ1) is 9.74. The molecule has 20 heavy (non-hydrogen) atoms. The Morgan fingerprint density at radius 2 is 2.30 bits per heavy atom. The summed E-state index contributed by atoms with van der Waals surface area (Å²) in [7, 11) is 1.37. The lowest BCUT2D eigenvalue weighted by atomic mass is 10.0.